The smallest absolute Gasteiger partial charge is 0.144 e. The van der Waals surface area contributed by atoms with E-state index in [9.17, 15) is 4.39 Å². The van der Waals surface area contributed by atoms with E-state index in [-0.39, 0.29) is 5.82 Å². The number of H-pyrrole nitrogens is 1. The third-order valence-electron chi connectivity index (χ3n) is 2.13. The summed E-state index contributed by atoms with van der Waals surface area (Å²) in [6.07, 6.45) is 5.76. The van der Waals surface area contributed by atoms with Crippen molar-refractivity contribution in [1.82, 2.24) is 4.98 Å². The van der Waals surface area contributed by atoms with Crippen LogP contribution in [0.2, 0.25) is 0 Å². The van der Waals surface area contributed by atoms with E-state index in [1.54, 1.807) is 0 Å². The van der Waals surface area contributed by atoms with Crippen LogP contribution in [-0.2, 0) is 12.8 Å². The predicted octanol–water partition coefficient (Wildman–Crippen LogP) is 2.03. The van der Waals surface area contributed by atoms with E-state index in [2.05, 4.69) is 4.98 Å². The van der Waals surface area contributed by atoms with Crippen LogP contribution >= 0.6 is 0 Å². The fourth-order valence-corrected chi connectivity index (χ4v) is 1.57. The molecule has 54 valence electrons. The van der Waals surface area contributed by atoms with E-state index in [0.717, 1.165) is 30.5 Å². The molecule has 0 spiro atoms. The maximum absolute atomic E-state index is 12.8. The molecular formula is C8H10FN. The topological polar surface area (TPSA) is 15.8 Å². The summed E-state index contributed by atoms with van der Waals surface area (Å²) in [6, 6.07) is 0. The number of hydrogen-bond donors (Lipinski definition) is 1. The van der Waals surface area contributed by atoms with Gasteiger partial charge in [0.25, 0.3) is 0 Å². The predicted molar refractivity (Wildman–Crippen MR) is 37.4 cm³/mol. The number of halogens is 1. The van der Waals surface area contributed by atoms with Gasteiger partial charge in [-0.1, -0.05) is 0 Å². The highest BCUT2D eigenvalue weighted by Gasteiger charge is 2.14. The first-order valence-corrected chi connectivity index (χ1v) is 3.72. The highest BCUT2D eigenvalue weighted by Crippen LogP contribution is 2.22. The third kappa shape index (κ3) is 0.753. The molecule has 2 rings (SSSR count). The Balaban J connectivity index is 2.45. The normalized spacial score (nSPS) is 16.9. The molecule has 0 fully saturated rings. The largest absolute Gasteiger partial charge is 0.362 e. The molecule has 0 saturated heterocycles. The van der Waals surface area contributed by atoms with Crippen LogP contribution in [0.25, 0.3) is 0 Å². The summed E-state index contributed by atoms with van der Waals surface area (Å²) >= 11 is 0. The third-order valence-corrected chi connectivity index (χ3v) is 2.13. The van der Waals surface area contributed by atoms with Crippen LogP contribution in [0.15, 0.2) is 6.20 Å². The van der Waals surface area contributed by atoms with Crippen LogP contribution in [0.3, 0.4) is 0 Å². The molecule has 1 aromatic rings. The van der Waals surface area contributed by atoms with Crippen LogP contribution in [0, 0.1) is 5.82 Å². The molecule has 1 aliphatic carbocycles. The quantitative estimate of drug-likeness (QED) is 0.566. The molecule has 2 heteroatoms. The molecule has 0 aromatic carbocycles. The summed E-state index contributed by atoms with van der Waals surface area (Å²) in [6.45, 7) is 0. The molecule has 0 atom stereocenters. The molecule has 1 aliphatic rings. The Morgan fingerprint density at radius 2 is 2.10 bits per heavy atom. The molecule has 10 heavy (non-hydrogen) atoms. The van der Waals surface area contributed by atoms with Gasteiger partial charge in [0.05, 0.1) is 0 Å². The molecule has 0 radical (unpaired) electrons. The van der Waals surface area contributed by atoms with Crippen molar-refractivity contribution >= 4 is 0 Å². The Labute approximate surface area is 59.3 Å². The Kier molecular flexibility index (Phi) is 1.26. The summed E-state index contributed by atoms with van der Waals surface area (Å²) in [7, 11) is 0. The Bertz CT molecular complexity index is 239. The minimum absolute atomic E-state index is 0.0466. The highest BCUT2D eigenvalue weighted by molar-refractivity contribution is 5.24. The van der Waals surface area contributed by atoms with Gasteiger partial charge in [-0.15, -0.1) is 0 Å². The zero-order valence-electron chi connectivity index (χ0n) is 5.78. The van der Waals surface area contributed by atoms with E-state index in [0.29, 0.717) is 0 Å². The van der Waals surface area contributed by atoms with Gasteiger partial charge in [0.15, 0.2) is 0 Å². The SMILES string of the molecule is Fc1c[nH]c2c1CCCC2. The zero-order valence-corrected chi connectivity index (χ0v) is 5.78. The van der Waals surface area contributed by atoms with Gasteiger partial charge in [-0.2, -0.15) is 0 Å². The van der Waals surface area contributed by atoms with Gasteiger partial charge < -0.3 is 4.98 Å². The second-order valence-electron chi connectivity index (χ2n) is 2.80. The lowest BCUT2D eigenvalue weighted by Crippen LogP contribution is -2.01. The summed E-state index contributed by atoms with van der Waals surface area (Å²) < 4.78 is 12.8. The van der Waals surface area contributed by atoms with Crippen molar-refractivity contribution in [1.29, 1.82) is 0 Å². The number of fused-ring (bicyclic) bond motifs is 1. The molecule has 1 aromatic heterocycles. The number of aromatic nitrogens is 1. The number of aryl methyl sites for hydroxylation is 1. The van der Waals surface area contributed by atoms with Crippen molar-refractivity contribution in [2.24, 2.45) is 0 Å². The number of aromatic amines is 1. The minimum atomic E-state index is -0.0466. The Morgan fingerprint density at radius 1 is 1.30 bits per heavy atom. The second-order valence-corrected chi connectivity index (χ2v) is 2.80. The fraction of sp³-hybridized carbons (Fsp3) is 0.500. The number of rotatable bonds is 0. The van der Waals surface area contributed by atoms with Crippen molar-refractivity contribution in [2.45, 2.75) is 25.7 Å². The average molecular weight is 139 g/mol. The summed E-state index contributed by atoms with van der Waals surface area (Å²) in [5.41, 5.74) is 2.04. The van der Waals surface area contributed by atoms with Crippen LogP contribution in [0.1, 0.15) is 24.1 Å². The van der Waals surface area contributed by atoms with Gasteiger partial charge in [-0.3, -0.25) is 0 Å². The van der Waals surface area contributed by atoms with Gasteiger partial charge in [0.2, 0.25) is 0 Å². The van der Waals surface area contributed by atoms with E-state index in [1.807, 2.05) is 0 Å². The molecule has 0 bridgehead atoms. The minimum Gasteiger partial charge on any atom is -0.362 e. The second kappa shape index (κ2) is 2.11. The van der Waals surface area contributed by atoms with Crippen molar-refractivity contribution < 1.29 is 4.39 Å². The standard InChI is InChI=1S/C8H10FN/c9-7-5-10-8-4-2-1-3-6(7)8/h5,10H,1-4H2. The first-order chi connectivity index (χ1) is 4.88. The van der Waals surface area contributed by atoms with Gasteiger partial charge >= 0.3 is 0 Å². The molecular weight excluding hydrogens is 129 g/mol. The van der Waals surface area contributed by atoms with Crippen LogP contribution in [-0.4, -0.2) is 4.98 Å². The fourth-order valence-electron chi connectivity index (χ4n) is 1.57. The summed E-state index contributed by atoms with van der Waals surface area (Å²) in [5.74, 6) is -0.0466. The van der Waals surface area contributed by atoms with Crippen LogP contribution < -0.4 is 0 Å². The van der Waals surface area contributed by atoms with Gasteiger partial charge in [0, 0.05) is 17.5 Å². The van der Waals surface area contributed by atoms with Crippen molar-refractivity contribution in [3.8, 4) is 0 Å². The molecule has 1 heterocycles. The van der Waals surface area contributed by atoms with E-state index >= 15 is 0 Å². The van der Waals surface area contributed by atoms with Gasteiger partial charge in [-0.05, 0) is 25.7 Å². The molecule has 0 aliphatic heterocycles. The molecule has 0 unspecified atom stereocenters. The Morgan fingerprint density at radius 3 is 2.90 bits per heavy atom. The molecule has 0 saturated carbocycles. The Hall–Kier alpha value is -0.790. The van der Waals surface area contributed by atoms with Gasteiger partial charge in [-0.25, -0.2) is 4.39 Å². The average Bonchev–Trinajstić information content (AvgIpc) is 2.34. The molecule has 0 amide bonds. The highest BCUT2D eigenvalue weighted by atomic mass is 19.1. The maximum atomic E-state index is 12.8. The lowest BCUT2D eigenvalue weighted by atomic mass is 9.98. The van der Waals surface area contributed by atoms with Crippen molar-refractivity contribution in [3.05, 3.63) is 23.3 Å². The first-order valence-electron chi connectivity index (χ1n) is 3.72. The van der Waals surface area contributed by atoms with E-state index < -0.39 is 0 Å². The molecule has 1 nitrogen and oxygen atoms in total. The number of nitrogens with one attached hydrogen (secondary N) is 1. The van der Waals surface area contributed by atoms with Crippen molar-refractivity contribution in [3.63, 3.8) is 0 Å². The lowest BCUT2D eigenvalue weighted by Gasteiger charge is -2.09. The zero-order chi connectivity index (χ0) is 6.97. The monoisotopic (exact) mass is 139 g/mol. The van der Waals surface area contributed by atoms with Crippen LogP contribution in [0.4, 0.5) is 4.39 Å². The van der Waals surface area contributed by atoms with E-state index in [1.165, 1.54) is 12.6 Å². The summed E-state index contributed by atoms with van der Waals surface area (Å²) in [5, 5.41) is 0. The number of hydrogen-bond acceptors (Lipinski definition) is 0. The first kappa shape index (κ1) is 5.96. The van der Waals surface area contributed by atoms with Crippen LogP contribution in [0.5, 0.6) is 0 Å². The maximum Gasteiger partial charge on any atom is 0.144 e. The summed E-state index contributed by atoms with van der Waals surface area (Å²) in [4.78, 5) is 2.95. The molecule has 1 N–H and O–H groups in total. The van der Waals surface area contributed by atoms with E-state index in [4.69, 9.17) is 0 Å². The van der Waals surface area contributed by atoms with Gasteiger partial charge in [0.1, 0.15) is 5.82 Å². The van der Waals surface area contributed by atoms with Crippen molar-refractivity contribution in [2.75, 3.05) is 0 Å². The lowest BCUT2D eigenvalue weighted by molar-refractivity contribution is 0.590.